The molecule has 0 unspecified atom stereocenters. The van der Waals surface area contributed by atoms with Crippen molar-refractivity contribution in [2.45, 2.75) is 23.0 Å². The Morgan fingerprint density at radius 2 is 1.73 bits per heavy atom. The number of carbonyl (C=O) groups is 4. The van der Waals surface area contributed by atoms with Crippen molar-refractivity contribution in [1.82, 2.24) is 4.90 Å². The zero-order chi connectivity index (χ0) is 21.7. The summed E-state index contributed by atoms with van der Waals surface area (Å²) >= 11 is 10.6. The molecule has 2 bridgehead atoms. The molecule has 2 saturated carbocycles. The van der Waals surface area contributed by atoms with E-state index in [1.54, 1.807) is 12.1 Å². The van der Waals surface area contributed by atoms with Gasteiger partial charge < -0.3 is 10.1 Å². The molecular weight excluding hydrogens is 588 g/mol. The second-order valence-electron chi connectivity index (χ2n) is 7.93. The minimum Gasteiger partial charge on any atom is -0.454 e. The van der Waals surface area contributed by atoms with E-state index in [9.17, 15) is 19.2 Å². The molecular formula is C20H19Br3N2O5. The third kappa shape index (κ3) is 3.75. The summed E-state index contributed by atoms with van der Waals surface area (Å²) in [6, 6.07) is 5.38. The maximum Gasteiger partial charge on any atom is 0.326 e. The average molecular weight is 607 g/mol. The lowest BCUT2D eigenvalue weighted by molar-refractivity contribution is -0.154. The van der Waals surface area contributed by atoms with Crippen molar-refractivity contribution < 1.29 is 23.9 Å². The van der Waals surface area contributed by atoms with Gasteiger partial charge in [0, 0.05) is 19.8 Å². The highest BCUT2D eigenvalue weighted by Gasteiger charge is 2.66. The van der Waals surface area contributed by atoms with Crippen LogP contribution in [0, 0.1) is 30.6 Å². The number of benzene rings is 1. The van der Waals surface area contributed by atoms with Gasteiger partial charge in [-0.05, 0) is 48.9 Å². The maximum atomic E-state index is 12.8. The number of likely N-dealkylation sites (tertiary alicyclic amines) is 1. The fourth-order valence-corrected chi connectivity index (χ4v) is 7.19. The predicted octanol–water partition coefficient (Wildman–Crippen LogP) is 3.02. The van der Waals surface area contributed by atoms with Crippen LogP contribution in [0.2, 0.25) is 0 Å². The number of fused-ring (bicyclic) bond motifs is 5. The van der Waals surface area contributed by atoms with Crippen LogP contribution in [0.5, 0.6) is 0 Å². The third-order valence-electron chi connectivity index (χ3n) is 6.19. The Morgan fingerprint density at radius 3 is 2.30 bits per heavy atom. The highest BCUT2D eigenvalue weighted by Crippen LogP contribution is 2.60. The molecule has 1 aromatic carbocycles. The van der Waals surface area contributed by atoms with Crippen molar-refractivity contribution in [3.63, 3.8) is 0 Å². The zero-order valence-corrected chi connectivity index (χ0v) is 20.7. The molecule has 3 fully saturated rings. The van der Waals surface area contributed by atoms with Gasteiger partial charge in [0.2, 0.25) is 11.8 Å². The van der Waals surface area contributed by atoms with Crippen LogP contribution in [0.25, 0.3) is 0 Å². The molecule has 0 aromatic heterocycles. The summed E-state index contributed by atoms with van der Waals surface area (Å²) in [6.07, 6.45) is 0.826. The lowest BCUT2D eigenvalue weighted by Crippen LogP contribution is -2.38. The topological polar surface area (TPSA) is 92.8 Å². The molecule has 30 heavy (non-hydrogen) atoms. The number of anilines is 1. The molecule has 4 rings (SSSR count). The average Bonchev–Trinajstić information content (AvgIpc) is 3.29. The normalized spacial score (nSPS) is 31.8. The molecule has 7 nitrogen and oxygen atoms in total. The molecule has 0 radical (unpaired) electrons. The Morgan fingerprint density at radius 1 is 1.13 bits per heavy atom. The number of alkyl halides is 2. The Labute approximate surface area is 198 Å². The van der Waals surface area contributed by atoms with Crippen LogP contribution in [0.4, 0.5) is 5.69 Å². The minimum atomic E-state index is -0.780. The van der Waals surface area contributed by atoms with Gasteiger partial charge >= 0.3 is 5.97 Å². The number of ether oxygens (including phenoxy) is 1. The van der Waals surface area contributed by atoms with Gasteiger partial charge in [0.15, 0.2) is 6.61 Å². The summed E-state index contributed by atoms with van der Waals surface area (Å²) in [4.78, 5) is 51.2. The first kappa shape index (κ1) is 22.0. The van der Waals surface area contributed by atoms with Crippen LogP contribution < -0.4 is 5.32 Å². The van der Waals surface area contributed by atoms with Crippen molar-refractivity contribution >= 4 is 77.2 Å². The van der Waals surface area contributed by atoms with Gasteiger partial charge in [0.1, 0.15) is 6.54 Å². The number of nitrogens with one attached hydrogen (secondary N) is 1. The lowest BCUT2D eigenvalue weighted by Gasteiger charge is -2.28. The smallest absolute Gasteiger partial charge is 0.326 e. The SMILES string of the molecule is Cc1cc(Br)ccc1NC(=O)COC(=O)CN1C(=O)[C@@H]2[C@H]3C[C@@H]([C@H](Br)[C@H]3Br)[C@H]2C1=O. The Balaban J connectivity index is 1.32. The molecule has 2 aliphatic carbocycles. The number of hydrogen-bond donors (Lipinski definition) is 1. The van der Waals surface area contributed by atoms with E-state index in [0.717, 1.165) is 21.4 Å². The maximum absolute atomic E-state index is 12.8. The van der Waals surface area contributed by atoms with Gasteiger partial charge in [-0.2, -0.15) is 0 Å². The molecule has 0 spiro atoms. The Bertz CT molecular complexity index is 907. The van der Waals surface area contributed by atoms with E-state index in [1.807, 2.05) is 13.0 Å². The molecule has 1 saturated heterocycles. The molecule has 1 aliphatic heterocycles. The number of nitrogens with zero attached hydrogens (tertiary/aromatic N) is 1. The van der Waals surface area contributed by atoms with E-state index in [1.165, 1.54) is 0 Å². The molecule has 3 amide bonds. The van der Waals surface area contributed by atoms with Crippen LogP contribution in [0.3, 0.4) is 0 Å². The van der Waals surface area contributed by atoms with E-state index in [-0.39, 0.29) is 45.1 Å². The summed E-state index contributed by atoms with van der Waals surface area (Å²) in [5.41, 5.74) is 1.47. The number of esters is 1. The van der Waals surface area contributed by atoms with Gasteiger partial charge in [0.25, 0.3) is 5.91 Å². The highest BCUT2D eigenvalue weighted by atomic mass is 79.9. The standard InChI is InChI=1S/C20H19Br3N2O5/c1-8-4-9(21)2-3-12(8)24-13(26)7-30-14(27)6-25-19(28)15-10-5-11(16(15)20(25)29)18(23)17(10)22/h2-4,10-11,15-18H,5-7H2,1H3,(H,24,26)/t10-,11-,15-,16-,17+,18+/m1/s1. The van der Waals surface area contributed by atoms with Crippen molar-refractivity contribution in [2.24, 2.45) is 23.7 Å². The quantitative estimate of drug-likeness (QED) is 0.316. The summed E-state index contributed by atoms with van der Waals surface area (Å²) in [5.74, 6) is -2.48. The number of hydrogen-bond acceptors (Lipinski definition) is 5. The largest absolute Gasteiger partial charge is 0.454 e. The van der Waals surface area contributed by atoms with Crippen LogP contribution >= 0.6 is 47.8 Å². The van der Waals surface area contributed by atoms with Crippen molar-refractivity contribution in [2.75, 3.05) is 18.5 Å². The van der Waals surface area contributed by atoms with E-state index in [0.29, 0.717) is 5.69 Å². The molecule has 1 aromatic rings. The van der Waals surface area contributed by atoms with Gasteiger partial charge in [-0.1, -0.05) is 47.8 Å². The number of rotatable bonds is 5. The van der Waals surface area contributed by atoms with Crippen LogP contribution in [0.15, 0.2) is 22.7 Å². The van der Waals surface area contributed by atoms with E-state index < -0.39 is 25.0 Å². The van der Waals surface area contributed by atoms with Gasteiger partial charge in [0.05, 0.1) is 11.8 Å². The highest BCUT2D eigenvalue weighted by molar-refractivity contribution is 9.12. The number of halogens is 3. The lowest BCUT2D eigenvalue weighted by atomic mass is 9.81. The van der Waals surface area contributed by atoms with Crippen LogP contribution in [-0.2, 0) is 23.9 Å². The molecule has 1 N–H and O–H groups in total. The summed E-state index contributed by atoms with van der Waals surface area (Å²) in [6.45, 7) is 0.889. The second-order valence-corrected chi connectivity index (χ2v) is 11.0. The summed E-state index contributed by atoms with van der Waals surface area (Å²) in [5, 5.41) is 2.67. The Kier molecular flexibility index (Phi) is 6.11. The first-order chi connectivity index (χ1) is 14.2. The number of amides is 3. The van der Waals surface area contributed by atoms with E-state index in [2.05, 4.69) is 53.1 Å². The van der Waals surface area contributed by atoms with E-state index in [4.69, 9.17) is 4.74 Å². The predicted molar refractivity (Wildman–Crippen MR) is 119 cm³/mol. The third-order valence-corrected chi connectivity index (χ3v) is 9.89. The van der Waals surface area contributed by atoms with Gasteiger partial charge in [-0.25, -0.2) is 0 Å². The number of aryl methyl sites for hydroxylation is 1. The van der Waals surface area contributed by atoms with Crippen LogP contribution in [0.1, 0.15) is 12.0 Å². The fourth-order valence-electron chi connectivity index (χ4n) is 4.84. The van der Waals surface area contributed by atoms with Gasteiger partial charge in [-0.3, -0.25) is 24.1 Å². The van der Waals surface area contributed by atoms with Crippen molar-refractivity contribution in [3.05, 3.63) is 28.2 Å². The van der Waals surface area contributed by atoms with Crippen molar-refractivity contribution in [1.29, 1.82) is 0 Å². The van der Waals surface area contributed by atoms with Crippen molar-refractivity contribution in [3.8, 4) is 0 Å². The second kappa shape index (κ2) is 8.35. The number of carbonyl (C=O) groups excluding carboxylic acids is 4. The zero-order valence-electron chi connectivity index (χ0n) is 15.9. The molecule has 160 valence electrons. The molecule has 10 heteroatoms. The summed E-state index contributed by atoms with van der Waals surface area (Å²) < 4.78 is 5.90. The fraction of sp³-hybridized carbons (Fsp3) is 0.500. The first-order valence-electron chi connectivity index (χ1n) is 9.54. The Hall–Kier alpha value is -1.26. The molecule has 1 heterocycles. The monoisotopic (exact) mass is 604 g/mol. The van der Waals surface area contributed by atoms with Gasteiger partial charge in [-0.15, -0.1) is 0 Å². The molecule has 3 aliphatic rings. The van der Waals surface area contributed by atoms with E-state index >= 15 is 0 Å². The first-order valence-corrected chi connectivity index (χ1v) is 12.2. The number of imide groups is 1. The van der Waals surface area contributed by atoms with Crippen LogP contribution in [-0.4, -0.2) is 51.4 Å². The minimum absolute atomic E-state index is 0.0850. The summed E-state index contributed by atoms with van der Waals surface area (Å²) in [7, 11) is 0. The molecule has 6 atom stereocenters.